The average Bonchev–Trinajstić information content (AvgIpc) is 2.93. The standard InChI is InChI=1S/C22H21ClFNO4/c1-4-8-22(3,21(28)29)19-12(2)25(17-11-16(24)18(26)10-15(17)19)20(27)13-6-5-7-14(23)9-13/h5-7,9-11,26H,4,8H2,1-3H3,(H,28,29)/t22-/m1/s1. The van der Waals surface area contributed by atoms with Crippen LogP contribution in [0.1, 0.15) is 48.3 Å². The summed E-state index contributed by atoms with van der Waals surface area (Å²) in [5.41, 5.74) is -0.0754. The molecule has 7 heteroatoms. The smallest absolute Gasteiger partial charge is 0.313 e. The third-order valence-corrected chi connectivity index (χ3v) is 5.56. The fourth-order valence-electron chi connectivity index (χ4n) is 3.97. The summed E-state index contributed by atoms with van der Waals surface area (Å²) in [6.07, 6.45) is 0.899. The average molecular weight is 418 g/mol. The number of nitrogens with zero attached hydrogens (tertiary/aromatic N) is 1. The van der Waals surface area contributed by atoms with E-state index in [2.05, 4.69) is 0 Å². The first-order valence-electron chi connectivity index (χ1n) is 9.19. The van der Waals surface area contributed by atoms with E-state index in [-0.39, 0.29) is 11.1 Å². The summed E-state index contributed by atoms with van der Waals surface area (Å²) in [7, 11) is 0. The van der Waals surface area contributed by atoms with Crippen LogP contribution in [0.3, 0.4) is 0 Å². The van der Waals surface area contributed by atoms with E-state index in [1.54, 1.807) is 32.0 Å². The zero-order valence-corrected chi connectivity index (χ0v) is 17.0. The molecule has 0 aliphatic carbocycles. The number of hydrogen-bond acceptors (Lipinski definition) is 3. The fraction of sp³-hybridized carbons (Fsp3) is 0.273. The van der Waals surface area contributed by atoms with Crippen LogP contribution in [0.2, 0.25) is 5.02 Å². The highest BCUT2D eigenvalue weighted by Gasteiger charge is 2.40. The Bertz CT molecular complexity index is 1140. The van der Waals surface area contributed by atoms with Crippen molar-refractivity contribution < 1.29 is 24.2 Å². The number of carboxylic acids is 1. The first-order chi connectivity index (χ1) is 13.6. The largest absolute Gasteiger partial charge is 0.505 e. The summed E-state index contributed by atoms with van der Waals surface area (Å²) in [4.78, 5) is 25.5. The summed E-state index contributed by atoms with van der Waals surface area (Å²) in [5.74, 6) is -3.01. The molecule has 0 fully saturated rings. The van der Waals surface area contributed by atoms with Crippen molar-refractivity contribution in [2.24, 2.45) is 0 Å². The van der Waals surface area contributed by atoms with Crippen molar-refractivity contribution in [1.82, 2.24) is 4.57 Å². The van der Waals surface area contributed by atoms with E-state index in [0.717, 1.165) is 6.07 Å². The Labute approximate surface area is 172 Å². The molecule has 0 amide bonds. The molecule has 3 aromatic rings. The van der Waals surface area contributed by atoms with Crippen LogP contribution in [0, 0.1) is 12.7 Å². The molecule has 0 aliphatic heterocycles. The molecule has 2 N–H and O–H groups in total. The number of carbonyl (C=O) groups excluding carboxylic acids is 1. The Morgan fingerprint density at radius 2 is 1.93 bits per heavy atom. The molecule has 0 unspecified atom stereocenters. The van der Waals surface area contributed by atoms with Gasteiger partial charge in [-0.15, -0.1) is 0 Å². The lowest BCUT2D eigenvalue weighted by Crippen LogP contribution is -2.33. The molecule has 0 spiro atoms. The highest BCUT2D eigenvalue weighted by molar-refractivity contribution is 6.31. The molecule has 0 saturated carbocycles. The predicted octanol–water partition coefficient (Wildman–Crippen LogP) is 5.28. The highest BCUT2D eigenvalue weighted by atomic mass is 35.5. The van der Waals surface area contributed by atoms with Crippen molar-refractivity contribution in [2.45, 2.75) is 39.0 Å². The Kier molecular flexibility index (Phi) is 5.41. The van der Waals surface area contributed by atoms with E-state index < -0.39 is 28.9 Å². The quantitative estimate of drug-likeness (QED) is 0.592. The summed E-state index contributed by atoms with van der Waals surface area (Å²) < 4.78 is 15.5. The van der Waals surface area contributed by atoms with E-state index >= 15 is 0 Å². The first-order valence-corrected chi connectivity index (χ1v) is 9.57. The normalized spacial score (nSPS) is 13.4. The van der Waals surface area contributed by atoms with Crippen molar-refractivity contribution in [2.75, 3.05) is 0 Å². The van der Waals surface area contributed by atoms with Crippen molar-refractivity contribution in [3.8, 4) is 5.75 Å². The summed E-state index contributed by atoms with van der Waals surface area (Å²) in [6, 6.07) is 8.57. The molecule has 29 heavy (non-hydrogen) atoms. The zero-order valence-electron chi connectivity index (χ0n) is 16.3. The lowest BCUT2D eigenvalue weighted by molar-refractivity contribution is -0.143. The van der Waals surface area contributed by atoms with Gasteiger partial charge in [-0.3, -0.25) is 14.2 Å². The number of phenolic OH excluding ortho intramolecular Hbond substituents is 1. The molecule has 0 radical (unpaired) electrons. The van der Waals surface area contributed by atoms with Gasteiger partial charge in [0.2, 0.25) is 0 Å². The number of fused-ring (bicyclic) bond motifs is 1. The van der Waals surface area contributed by atoms with Gasteiger partial charge in [-0.1, -0.05) is 31.0 Å². The van der Waals surface area contributed by atoms with Gasteiger partial charge in [0.15, 0.2) is 11.6 Å². The summed E-state index contributed by atoms with van der Waals surface area (Å²) in [6.45, 7) is 5.07. The second-order valence-electron chi connectivity index (χ2n) is 7.32. The van der Waals surface area contributed by atoms with Gasteiger partial charge in [0.25, 0.3) is 5.91 Å². The van der Waals surface area contributed by atoms with Gasteiger partial charge >= 0.3 is 5.97 Å². The third kappa shape index (κ3) is 3.38. The highest BCUT2D eigenvalue weighted by Crippen LogP contribution is 2.41. The third-order valence-electron chi connectivity index (χ3n) is 5.32. The maximum absolute atomic E-state index is 14.2. The molecule has 1 atom stereocenters. The van der Waals surface area contributed by atoms with Crippen LogP contribution in [-0.4, -0.2) is 26.7 Å². The molecule has 0 bridgehead atoms. The number of halogens is 2. The first kappa shape index (κ1) is 20.9. The Balaban J connectivity index is 2.40. The van der Waals surface area contributed by atoms with Crippen LogP contribution < -0.4 is 0 Å². The minimum absolute atomic E-state index is 0.196. The molecular formula is C22H21ClFNO4. The maximum atomic E-state index is 14.2. The van der Waals surface area contributed by atoms with Gasteiger partial charge in [-0.2, -0.15) is 0 Å². The van der Waals surface area contributed by atoms with E-state index in [1.165, 1.54) is 16.7 Å². The van der Waals surface area contributed by atoms with Crippen LogP contribution in [0.25, 0.3) is 10.9 Å². The number of aromatic nitrogens is 1. The number of aromatic hydroxyl groups is 1. The molecule has 1 heterocycles. The van der Waals surface area contributed by atoms with Gasteiger partial charge in [-0.05, 0) is 50.1 Å². The number of hydrogen-bond donors (Lipinski definition) is 2. The fourth-order valence-corrected chi connectivity index (χ4v) is 4.16. The van der Waals surface area contributed by atoms with Crippen molar-refractivity contribution in [3.63, 3.8) is 0 Å². The Morgan fingerprint density at radius 3 is 2.52 bits per heavy atom. The molecule has 0 aliphatic rings. The molecule has 5 nitrogen and oxygen atoms in total. The van der Waals surface area contributed by atoms with Crippen LogP contribution in [-0.2, 0) is 10.2 Å². The lowest BCUT2D eigenvalue weighted by Gasteiger charge is -2.25. The number of benzene rings is 2. The van der Waals surface area contributed by atoms with Crippen molar-refractivity contribution >= 4 is 34.4 Å². The van der Waals surface area contributed by atoms with Gasteiger partial charge in [0.1, 0.15) is 0 Å². The summed E-state index contributed by atoms with van der Waals surface area (Å²) in [5, 5.41) is 20.6. The minimum atomic E-state index is -1.32. The van der Waals surface area contributed by atoms with E-state index in [4.69, 9.17) is 11.6 Å². The zero-order chi connectivity index (χ0) is 21.5. The number of rotatable bonds is 5. The number of aliphatic carboxylic acids is 1. The number of carboxylic acid groups (broad SMARTS) is 1. The van der Waals surface area contributed by atoms with E-state index in [1.807, 2.05) is 6.92 Å². The van der Waals surface area contributed by atoms with Crippen LogP contribution >= 0.6 is 11.6 Å². The van der Waals surface area contributed by atoms with Crippen LogP contribution in [0.4, 0.5) is 4.39 Å². The second kappa shape index (κ2) is 7.52. The van der Waals surface area contributed by atoms with Crippen LogP contribution in [0.15, 0.2) is 36.4 Å². The Morgan fingerprint density at radius 1 is 1.24 bits per heavy atom. The minimum Gasteiger partial charge on any atom is -0.505 e. The molecule has 3 rings (SSSR count). The molecule has 2 aromatic carbocycles. The second-order valence-corrected chi connectivity index (χ2v) is 7.76. The van der Waals surface area contributed by atoms with Gasteiger partial charge in [-0.25, -0.2) is 4.39 Å². The molecule has 0 saturated heterocycles. The molecular weight excluding hydrogens is 397 g/mol. The molecule has 152 valence electrons. The van der Waals surface area contributed by atoms with Crippen molar-refractivity contribution in [3.05, 3.63) is 64.1 Å². The van der Waals surface area contributed by atoms with E-state index in [9.17, 15) is 24.2 Å². The molecule has 1 aromatic heterocycles. The SMILES string of the molecule is CCC[C@@](C)(C(=O)O)c1c(C)n(C(=O)c2cccc(Cl)c2)c2cc(F)c(O)cc12. The van der Waals surface area contributed by atoms with Crippen molar-refractivity contribution in [1.29, 1.82) is 0 Å². The lowest BCUT2D eigenvalue weighted by atomic mass is 9.77. The van der Waals surface area contributed by atoms with Gasteiger partial charge in [0.05, 0.1) is 10.9 Å². The Hall–Kier alpha value is -2.86. The van der Waals surface area contributed by atoms with Crippen LogP contribution in [0.5, 0.6) is 5.75 Å². The topological polar surface area (TPSA) is 79.5 Å². The van der Waals surface area contributed by atoms with Gasteiger partial charge < -0.3 is 10.2 Å². The predicted molar refractivity (Wildman–Crippen MR) is 109 cm³/mol. The van der Waals surface area contributed by atoms with Gasteiger partial charge in [0, 0.05) is 27.7 Å². The number of carbonyl (C=O) groups is 2. The number of phenols is 1. The maximum Gasteiger partial charge on any atom is 0.313 e. The van der Waals surface area contributed by atoms with E-state index in [0.29, 0.717) is 34.5 Å². The summed E-state index contributed by atoms with van der Waals surface area (Å²) >= 11 is 6.01. The monoisotopic (exact) mass is 417 g/mol.